The van der Waals surface area contributed by atoms with Crippen molar-refractivity contribution in [3.8, 4) is 23.3 Å². The Hall–Kier alpha value is -3.20. The summed E-state index contributed by atoms with van der Waals surface area (Å²) in [6.45, 7) is 2.28. The SMILES string of the molecule is COc1cc(C)ccc1OCC(=O)Nc1cccc(OCCCC#N)c1. The van der Waals surface area contributed by atoms with Gasteiger partial charge < -0.3 is 19.5 Å². The number of rotatable bonds is 9. The van der Waals surface area contributed by atoms with Gasteiger partial charge >= 0.3 is 0 Å². The van der Waals surface area contributed by atoms with E-state index in [0.29, 0.717) is 42.4 Å². The third-order valence-corrected chi connectivity index (χ3v) is 3.50. The van der Waals surface area contributed by atoms with Crippen LogP contribution >= 0.6 is 0 Å². The molecular formula is C20H22N2O4. The number of ether oxygens (including phenoxy) is 3. The smallest absolute Gasteiger partial charge is 0.262 e. The van der Waals surface area contributed by atoms with Crippen LogP contribution in [0, 0.1) is 18.3 Å². The minimum atomic E-state index is -0.283. The first-order valence-electron chi connectivity index (χ1n) is 8.29. The number of nitrogens with one attached hydrogen (secondary N) is 1. The molecule has 6 nitrogen and oxygen atoms in total. The summed E-state index contributed by atoms with van der Waals surface area (Å²) in [5.74, 6) is 1.46. The third kappa shape index (κ3) is 6.02. The highest BCUT2D eigenvalue weighted by Crippen LogP contribution is 2.27. The molecule has 0 bridgehead atoms. The van der Waals surface area contributed by atoms with Crippen LogP contribution in [0.4, 0.5) is 5.69 Å². The second-order valence-electron chi connectivity index (χ2n) is 5.63. The van der Waals surface area contributed by atoms with E-state index in [1.807, 2.05) is 19.1 Å². The summed E-state index contributed by atoms with van der Waals surface area (Å²) in [5.41, 5.74) is 1.66. The number of nitriles is 1. The van der Waals surface area contributed by atoms with Crippen molar-refractivity contribution in [2.45, 2.75) is 19.8 Å². The number of benzene rings is 2. The number of hydrogen-bond acceptors (Lipinski definition) is 5. The molecule has 0 saturated heterocycles. The minimum absolute atomic E-state index is 0.132. The molecule has 0 atom stereocenters. The molecule has 1 amide bonds. The zero-order valence-corrected chi connectivity index (χ0v) is 15.0. The summed E-state index contributed by atoms with van der Waals surface area (Å²) in [6.07, 6.45) is 1.12. The summed E-state index contributed by atoms with van der Waals surface area (Å²) in [7, 11) is 1.56. The van der Waals surface area contributed by atoms with Gasteiger partial charge in [0.25, 0.3) is 5.91 Å². The predicted molar refractivity (Wildman–Crippen MR) is 98.6 cm³/mol. The average molecular weight is 354 g/mol. The summed E-state index contributed by atoms with van der Waals surface area (Å²) >= 11 is 0. The molecule has 0 aliphatic carbocycles. The van der Waals surface area contributed by atoms with Gasteiger partial charge in [0.1, 0.15) is 5.75 Å². The lowest BCUT2D eigenvalue weighted by molar-refractivity contribution is -0.118. The largest absolute Gasteiger partial charge is 0.493 e. The van der Waals surface area contributed by atoms with Crippen LogP contribution in [0.25, 0.3) is 0 Å². The van der Waals surface area contributed by atoms with Gasteiger partial charge in [-0.05, 0) is 43.2 Å². The van der Waals surface area contributed by atoms with Crippen LogP contribution < -0.4 is 19.5 Å². The van der Waals surface area contributed by atoms with E-state index >= 15 is 0 Å². The number of carbonyl (C=O) groups is 1. The van der Waals surface area contributed by atoms with E-state index < -0.39 is 0 Å². The Morgan fingerprint density at radius 3 is 2.77 bits per heavy atom. The van der Waals surface area contributed by atoms with Gasteiger partial charge in [-0.15, -0.1) is 0 Å². The van der Waals surface area contributed by atoms with Crippen molar-refractivity contribution in [2.75, 3.05) is 25.6 Å². The van der Waals surface area contributed by atoms with Crippen molar-refractivity contribution in [1.29, 1.82) is 5.26 Å². The van der Waals surface area contributed by atoms with Crippen molar-refractivity contribution in [1.82, 2.24) is 0 Å². The number of nitrogens with zero attached hydrogens (tertiary/aromatic N) is 1. The standard InChI is InChI=1S/C20H22N2O4/c1-15-8-9-18(19(12-15)24-2)26-14-20(23)22-16-6-5-7-17(13-16)25-11-4-3-10-21/h5-9,12-13H,3-4,11,14H2,1-2H3,(H,22,23). The summed E-state index contributed by atoms with van der Waals surface area (Å²) < 4.78 is 16.3. The quantitative estimate of drug-likeness (QED) is 0.695. The third-order valence-electron chi connectivity index (χ3n) is 3.50. The topological polar surface area (TPSA) is 80.6 Å². The molecule has 0 unspecified atom stereocenters. The maximum Gasteiger partial charge on any atom is 0.262 e. The molecule has 6 heteroatoms. The van der Waals surface area contributed by atoms with Crippen molar-refractivity contribution in [3.05, 3.63) is 48.0 Å². The number of unbranched alkanes of at least 4 members (excludes halogenated alkanes) is 1. The zero-order valence-electron chi connectivity index (χ0n) is 15.0. The monoisotopic (exact) mass is 354 g/mol. The van der Waals surface area contributed by atoms with Gasteiger partial charge in [0.05, 0.1) is 19.8 Å². The Kier molecular flexibility index (Phi) is 7.31. The number of hydrogen-bond donors (Lipinski definition) is 1. The van der Waals surface area contributed by atoms with Gasteiger partial charge in [-0.1, -0.05) is 12.1 Å². The molecule has 0 aliphatic rings. The van der Waals surface area contributed by atoms with Gasteiger partial charge in [0, 0.05) is 18.2 Å². The molecule has 26 heavy (non-hydrogen) atoms. The first kappa shape index (κ1) is 19.1. The maximum atomic E-state index is 12.1. The van der Waals surface area contributed by atoms with E-state index in [2.05, 4.69) is 11.4 Å². The van der Waals surface area contributed by atoms with Crippen molar-refractivity contribution < 1.29 is 19.0 Å². The number of anilines is 1. The van der Waals surface area contributed by atoms with E-state index in [1.165, 1.54) is 0 Å². The fourth-order valence-electron chi connectivity index (χ4n) is 2.24. The molecule has 1 N–H and O–H groups in total. The fraction of sp³-hybridized carbons (Fsp3) is 0.300. The second-order valence-corrected chi connectivity index (χ2v) is 5.63. The highest BCUT2D eigenvalue weighted by Gasteiger charge is 2.08. The van der Waals surface area contributed by atoms with Crippen LogP contribution in [0.15, 0.2) is 42.5 Å². The Balaban J connectivity index is 1.87. The van der Waals surface area contributed by atoms with Crippen molar-refractivity contribution in [2.24, 2.45) is 0 Å². The predicted octanol–water partition coefficient (Wildman–Crippen LogP) is 3.70. The van der Waals surface area contributed by atoms with E-state index in [4.69, 9.17) is 19.5 Å². The summed E-state index contributed by atoms with van der Waals surface area (Å²) in [5, 5.41) is 11.3. The first-order valence-corrected chi connectivity index (χ1v) is 8.29. The molecular weight excluding hydrogens is 332 g/mol. The van der Waals surface area contributed by atoms with E-state index in [9.17, 15) is 4.79 Å². The number of carbonyl (C=O) groups excluding carboxylic acids is 1. The first-order chi connectivity index (χ1) is 12.6. The lowest BCUT2D eigenvalue weighted by atomic mass is 10.2. The van der Waals surface area contributed by atoms with E-state index in [0.717, 1.165) is 5.56 Å². The summed E-state index contributed by atoms with van der Waals surface area (Å²) in [6, 6.07) is 14.7. The second kappa shape index (κ2) is 9.94. The van der Waals surface area contributed by atoms with Gasteiger partial charge in [0.15, 0.2) is 18.1 Å². The van der Waals surface area contributed by atoms with Crippen molar-refractivity contribution >= 4 is 11.6 Å². The number of aryl methyl sites for hydroxylation is 1. The summed E-state index contributed by atoms with van der Waals surface area (Å²) in [4.78, 5) is 12.1. The Morgan fingerprint density at radius 1 is 1.15 bits per heavy atom. The molecule has 2 aromatic carbocycles. The number of methoxy groups -OCH3 is 1. The number of amides is 1. The van der Waals surface area contributed by atoms with E-state index in [1.54, 1.807) is 37.4 Å². The van der Waals surface area contributed by atoms with Gasteiger partial charge in [-0.3, -0.25) is 4.79 Å². The molecule has 0 aromatic heterocycles. The lowest BCUT2D eigenvalue weighted by Gasteiger charge is -2.12. The van der Waals surface area contributed by atoms with Crippen LogP contribution in [-0.4, -0.2) is 26.2 Å². The molecule has 2 rings (SSSR count). The maximum absolute atomic E-state index is 12.1. The van der Waals surface area contributed by atoms with Crippen LogP contribution in [0.5, 0.6) is 17.2 Å². The Labute approximate surface area is 153 Å². The molecule has 136 valence electrons. The normalized spacial score (nSPS) is 9.88. The highest BCUT2D eigenvalue weighted by atomic mass is 16.5. The van der Waals surface area contributed by atoms with Crippen molar-refractivity contribution in [3.63, 3.8) is 0 Å². The van der Waals surface area contributed by atoms with Crippen LogP contribution in [0.2, 0.25) is 0 Å². The zero-order chi connectivity index (χ0) is 18.8. The van der Waals surface area contributed by atoms with Gasteiger partial charge in [0.2, 0.25) is 0 Å². The molecule has 0 heterocycles. The van der Waals surface area contributed by atoms with Gasteiger partial charge in [-0.25, -0.2) is 0 Å². The van der Waals surface area contributed by atoms with Gasteiger partial charge in [-0.2, -0.15) is 5.26 Å². The Morgan fingerprint density at radius 2 is 2.00 bits per heavy atom. The molecule has 0 saturated carbocycles. The highest BCUT2D eigenvalue weighted by molar-refractivity contribution is 5.92. The van der Waals surface area contributed by atoms with Crippen LogP contribution in [0.1, 0.15) is 18.4 Å². The molecule has 0 aliphatic heterocycles. The van der Waals surface area contributed by atoms with E-state index in [-0.39, 0.29) is 12.5 Å². The molecule has 0 spiro atoms. The molecule has 0 fully saturated rings. The minimum Gasteiger partial charge on any atom is -0.493 e. The average Bonchev–Trinajstić information content (AvgIpc) is 2.64. The lowest BCUT2D eigenvalue weighted by Crippen LogP contribution is -2.20. The molecule has 0 radical (unpaired) electrons. The molecule has 2 aromatic rings. The Bertz CT molecular complexity index is 784. The fourth-order valence-corrected chi connectivity index (χ4v) is 2.24. The van der Waals surface area contributed by atoms with Crippen LogP contribution in [-0.2, 0) is 4.79 Å². The van der Waals surface area contributed by atoms with Crippen LogP contribution in [0.3, 0.4) is 0 Å².